The second-order valence-electron chi connectivity index (χ2n) is 4.73. The molecule has 0 aromatic rings. The molecule has 1 fully saturated rings. The molecule has 2 atom stereocenters. The molecule has 19 heavy (non-hydrogen) atoms. The van der Waals surface area contributed by atoms with Gasteiger partial charge < -0.3 is 14.9 Å². The Hall–Kier alpha value is -0.860. The lowest BCUT2D eigenvalue weighted by Gasteiger charge is -2.30. The maximum absolute atomic E-state index is 12.7. The number of carboxylic acids is 1. The van der Waals surface area contributed by atoms with Crippen molar-refractivity contribution in [1.29, 1.82) is 0 Å². The van der Waals surface area contributed by atoms with Crippen LogP contribution in [0.4, 0.5) is 13.2 Å². The lowest BCUT2D eigenvalue weighted by molar-refractivity contribution is -0.263. The predicted octanol–water partition coefficient (Wildman–Crippen LogP) is 0.865. The fourth-order valence-electron chi connectivity index (χ4n) is 2.23. The highest BCUT2D eigenvalue weighted by Gasteiger charge is 2.53. The first-order valence-electron chi connectivity index (χ1n) is 5.96. The van der Waals surface area contributed by atoms with Crippen molar-refractivity contribution in [2.45, 2.75) is 37.1 Å². The first kappa shape index (κ1) is 16.2. The maximum atomic E-state index is 12.7. The summed E-state index contributed by atoms with van der Waals surface area (Å²) in [5.74, 6) is -1.14. The average molecular weight is 285 g/mol. The molecule has 0 radical (unpaired) electrons. The SMILES string of the molecule is COCC(C(=O)O)N1CCCC(O)(C(F)(F)F)CC1. The van der Waals surface area contributed by atoms with Gasteiger partial charge in [-0.05, 0) is 25.8 Å². The van der Waals surface area contributed by atoms with Crippen molar-refractivity contribution < 1.29 is 32.9 Å². The van der Waals surface area contributed by atoms with Crippen LogP contribution >= 0.6 is 0 Å². The first-order valence-corrected chi connectivity index (χ1v) is 5.96. The summed E-state index contributed by atoms with van der Waals surface area (Å²) in [7, 11) is 1.33. The molecule has 1 rings (SSSR count). The highest BCUT2D eigenvalue weighted by Crippen LogP contribution is 2.38. The third-order valence-electron chi connectivity index (χ3n) is 3.43. The Morgan fingerprint density at radius 3 is 2.53 bits per heavy atom. The molecule has 2 N–H and O–H groups in total. The number of aliphatic carboxylic acids is 1. The number of hydrogen-bond acceptors (Lipinski definition) is 4. The van der Waals surface area contributed by atoms with Gasteiger partial charge >= 0.3 is 12.1 Å². The van der Waals surface area contributed by atoms with E-state index in [1.165, 1.54) is 12.0 Å². The lowest BCUT2D eigenvalue weighted by atomic mass is 9.94. The molecule has 8 heteroatoms. The van der Waals surface area contributed by atoms with Crippen LogP contribution in [0.1, 0.15) is 19.3 Å². The van der Waals surface area contributed by atoms with E-state index >= 15 is 0 Å². The lowest BCUT2D eigenvalue weighted by Crippen LogP contribution is -2.48. The average Bonchev–Trinajstić information content (AvgIpc) is 2.48. The number of rotatable bonds is 4. The minimum atomic E-state index is -4.69. The van der Waals surface area contributed by atoms with Crippen LogP contribution in [0.25, 0.3) is 0 Å². The highest BCUT2D eigenvalue weighted by molar-refractivity contribution is 5.73. The van der Waals surface area contributed by atoms with Crippen LogP contribution in [0.5, 0.6) is 0 Å². The van der Waals surface area contributed by atoms with E-state index in [0.717, 1.165) is 0 Å². The third-order valence-corrected chi connectivity index (χ3v) is 3.43. The summed E-state index contributed by atoms with van der Waals surface area (Å²) >= 11 is 0. The van der Waals surface area contributed by atoms with Crippen molar-refractivity contribution in [2.24, 2.45) is 0 Å². The van der Waals surface area contributed by atoms with E-state index in [4.69, 9.17) is 9.84 Å². The largest absolute Gasteiger partial charge is 0.480 e. The molecule has 2 unspecified atom stereocenters. The van der Waals surface area contributed by atoms with Crippen molar-refractivity contribution in [1.82, 2.24) is 4.90 Å². The van der Waals surface area contributed by atoms with Crippen LogP contribution in [-0.4, -0.2) is 65.7 Å². The molecule has 0 bridgehead atoms. The minimum Gasteiger partial charge on any atom is -0.480 e. The normalized spacial score (nSPS) is 27.8. The quantitative estimate of drug-likeness (QED) is 0.802. The number of alkyl halides is 3. The van der Waals surface area contributed by atoms with Crippen LogP contribution in [0.2, 0.25) is 0 Å². The van der Waals surface area contributed by atoms with Crippen LogP contribution in [0.15, 0.2) is 0 Å². The maximum Gasteiger partial charge on any atom is 0.417 e. The summed E-state index contributed by atoms with van der Waals surface area (Å²) in [4.78, 5) is 12.5. The fraction of sp³-hybridized carbons (Fsp3) is 0.909. The Bertz CT molecular complexity index is 324. The van der Waals surface area contributed by atoms with Crippen LogP contribution in [-0.2, 0) is 9.53 Å². The molecule has 0 saturated carbocycles. The first-order chi connectivity index (χ1) is 8.71. The Labute approximate surface area is 109 Å². The number of likely N-dealkylation sites (tertiary alicyclic amines) is 1. The summed E-state index contributed by atoms with van der Waals surface area (Å²) in [5.41, 5.74) is -2.72. The Morgan fingerprint density at radius 1 is 1.42 bits per heavy atom. The molecular formula is C11H18F3NO4. The zero-order valence-electron chi connectivity index (χ0n) is 10.6. The molecule has 1 aliphatic heterocycles. The predicted molar refractivity (Wildman–Crippen MR) is 59.7 cm³/mol. The van der Waals surface area contributed by atoms with E-state index in [1.54, 1.807) is 0 Å². The van der Waals surface area contributed by atoms with Gasteiger partial charge in [0.1, 0.15) is 6.04 Å². The van der Waals surface area contributed by atoms with E-state index in [-0.39, 0.29) is 26.1 Å². The van der Waals surface area contributed by atoms with E-state index in [1.807, 2.05) is 0 Å². The molecule has 0 aliphatic carbocycles. The number of carbonyl (C=O) groups is 1. The van der Waals surface area contributed by atoms with Gasteiger partial charge in [0, 0.05) is 13.7 Å². The van der Waals surface area contributed by atoms with Gasteiger partial charge in [-0.15, -0.1) is 0 Å². The summed E-state index contributed by atoms with van der Waals surface area (Å²) in [6, 6.07) is -0.986. The van der Waals surface area contributed by atoms with Gasteiger partial charge in [0.15, 0.2) is 5.60 Å². The molecule has 112 valence electrons. The Morgan fingerprint density at radius 2 is 2.05 bits per heavy atom. The van der Waals surface area contributed by atoms with E-state index in [0.29, 0.717) is 0 Å². The van der Waals surface area contributed by atoms with E-state index in [9.17, 15) is 23.1 Å². The van der Waals surface area contributed by atoms with Gasteiger partial charge in [-0.3, -0.25) is 9.69 Å². The molecule has 0 aromatic carbocycles. The standard InChI is InChI=1S/C11H18F3NO4/c1-19-7-8(9(16)17)15-5-2-3-10(18,4-6-15)11(12,13)14/h8,18H,2-7H2,1H3,(H,16,17). The van der Waals surface area contributed by atoms with Gasteiger partial charge in [-0.25, -0.2) is 0 Å². The smallest absolute Gasteiger partial charge is 0.417 e. The van der Waals surface area contributed by atoms with Crippen molar-refractivity contribution in [3.8, 4) is 0 Å². The van der Waals surface area contributed by atoms with Crippen molar-refractivity contribution in [3.05, 3.63) is 0 Å². The van der Waals surface area contributed by atoms with Gasteiger partial charge in [-0.2, -0.15) is 13.2 Å². The summed E-state index contributed by atoms with van der Waals surface area (Å²) < 4.78 is 43.0. The van der Waals surface area contributed by atoms with Crippen molar-refractivity contribution in [3.63, 3.8) is 0 Å². The van der Waals surface area contributed by atoms with Gasteiger partial charge in [0.25, 0.3) is 0 Å². The number of hydrogen-bond donors (Lipinski definition) is 2. The second kappa shape index (κ2) is 6.06. The molecule has 1 saturated heterocycles. The van der Waals surface area contributed by atoms with Crippen LogP contribution in [0.3, 0.4) is 0 Å². The van der Waals surface area contributed by atoms with Gasteiger partial charge in [-0.1, -0.05) is 0 Å². The van der Waals surface area contributed by atoms with Crippen molar-refractivity contribution in [2.75, 3.05) is 26.8 Å². The van der Waals surface area contributed by atoms with Crippen molar-refractivity contribution >= 4 is 5.97 Å². The Balaban J connectivity index is 2.75. The summed E-state index contributed by atoms with van der Waals surface area (Å²) in [6.45, 7) is -0.0329. The number of ether oxygens (including phenoxy) is 1. The number of carboxylic acid groups (broad SMARTS) is 1. The fourth-order valence-corrected chi connectivity index (χ4v) is 2.23. The number of aliphatic hydroxyl groups is 1. The molecule has 5 nitrogen and oxygen atoms in total. The Kier molecular flexibility index (Phi) is 5.17. The molecular weight excluding hydrogens is 267 g/mol. The van der Waals surface area contributed by atoms with Gasteiger partial charge in [0.2, 0.25) is 0 Å². The third kappa shape index (κ3) is 3.80. The highest BCUT2D eigenvalue weighted by atomic mass is 19.4. The molecule has 0 spiro atoms. The van der Waals surface area contributed by atoms with E-state index < -0.39 is 36.6 Å². The van der Waals surface area contributed by atoms with Gasteiger partial charge in [0.05, 0.1) is 6.61 Å². The molecule has 1 heterocycles. The second-order valence-corrected chi connectivity index (χ2v) is 4.73. The van der Waals surface area contributed by atoms with E-state index in [2.05, 4.69) is 0 Å². The summed E-state index contributed by atoms with van der Waals surface area (Å²) in [5, 5.41) is 18.7. The summed E-state index contributed by atoms with van der Waals surface area (Å²) in [6.07, 6.45) is -5.54. The zero-order valence-corrected chi connectivity index (χ0v) is 10.6. The number of nitrogens with zero attached hydrogens (tertiary/aromatic N) is 1. The van der Waals surface area contributed by atoms with Crippen LogP contribution < -0.4 is 0 Å². The molecule has 0 aromatic heterocycles. The number of halogens is 3. The minimum absolute atomic E-state index is 0.0868. The molecule has 0 amide bonds. The monoisotopic (exact) mass is 285 g/mol. The topological polar surface area (TPSA) is 70.0 Å². The van der Waals surface area contributed by atoms with Crippen LogP contribution in [0, 0.1) is 0 Å². The zero-order chi connectivity index (χ0) is 14.7. The molecule has 1 aliphatic rings. The number of methoxy groups -OCH3 is 1.